The summed E-state index contributed by atoms with van der Waals surface area (Å²) in [4.78, 5) is 2.11. The summed E-state index contributed by atoms with van der Waals surface area (Å²) in [7, 11) is 6.06. The van der Waals surface area contributed by atoms with E-state index in [9.17, 15) is 0 Å². The minimum atomic E-state index is 0.826. The van der Waals surface area contributed by atoms with Crippen molar-refractivity contribution in [2.24, 2.45) is 0 Å². The number of hydrogen-bond acceptors (Lipinski definition) is 3. The maximum atomic E-state index is 4.66. The van der Waals surface area contributed by atoms with Crippen LogP contribution in [0.15, 0.2) is 30.3 Å². The van der Waals surface area contributed by atoms with E-state index in [1.165, 1.54) is 5.56 Å². The number of rotatable bonds is 4. The topological polar surface area (TPSA) is 33.1 Å². The molecular weight excluding hydrogens is 224 g/mol. The van der Waals surface area contributed by atoms with E-state index in [0.29, 0.717) is 0 Å². The summed E-state index contributed by atoms with van der Waals surface area (Å²) in [6.07, 6.45) is 0. The van der Waals surface area contributed by atoms with Crippen molar-refractivity contribution in [3.05, 3.63) is 41.6 Å². The normalized spacial score (nSPS) is 10.7. The quantitative estimate of drug-likeness (QED) is 0.892. The first-order valence-corrected chi connectivity index (χ1v) is 6.11. The van der Waals surface area contributed by atoms with Crippen LogP contribution < -0.4 is 10.2 Å². The summed E-state index contributed by atoms with van der Waals surface area (Å²) in [6, 6.07) is 10.2. The van der Waals surface area contributed by atoms with Crippen LogP contribution in [-0.4, -0.2) is 30.9 Å². The Morgan fingerprint density at radius 2 is 1.89 bits per heavy atom. The summed E-state index contributed by atoms with van der Waals surface area (Å²) in [5.41, 5.74) is 3.40. The molecule has 2 rings (SSSR count). The molecule has 0 bridgehead atoms. The Labute approximate surface area is 108 Å². The predicted molar refractivity (Wildman–Crippen MR) is 75.4 cm³/mol. The van der Waals surface area contributed by atoms with Crippen molar-refractivity contribution < 1.29 is 0 Å². The van der Waals surface area contributed by atoms with E-state index < -0.39 is 0 Å². The molecule has 1 N–H and O–H groups in total. The van der Waals surface area contributed by atoms with Crippen LogP contribution in [0.1, 0.15) is 11.3 Å². The van der Waals surface area contributed by atoms with Gasteiger partial charge in [0, 0.05) is 26.2 Å². The van der Waals surface area contributed by atoms with Gasteiger partial charge in [0.25, 0.3) is 0 Å². The summed E-state index contributed by atoms with van der Waals surface area (Å²) in [5, 5.41) is 7.86. The van der Waals surface area contributed by atoms with E-state index in [2.05, 4.69) is 48.5 Å². The Hall–Kier alpha value is -1.81. The van der Waals surface area contributed by atoms with Crippen LogP contribution in [0.4, 0.5) is 5.82 Å². The van der Waals surface area contributed by atoms with Gasteiger partial charge in [0.1, 0.15) is 5.82 Å². The zero-order chi connectivity index (χ0) is 13.1. The average molecular weight is 244 g/mol. The van der Waals surface area contributed by atoms with E-state index in [4.69, 9.17) is 0 Å². The summed E-state index contributed by atoms with van der Waals surface area (Å²) >= 11 is 0. The molecule has 1 aromatic carbocycles. The third kappa shape index (κ3) is 2.24. The second-order valence-corrected chi connectivity index (χ2v) is 4.56. The Morgan fingerprint density at radius 1 is 1.22 bits per heavy atom. The summed E-state index contributed by atoms with van der Waals surface area (Å²) in [5.74, 6) is 1.13. The van der Waals surface area contributed by atoms with Gasteiger partial charge in [-0.1, -0.05) is 18.2 Å². The third-order valence-electron chi connectivity index (χ3n) is 2.94. The van der Waals surface area contributed by atoms with Gasteiger partial charge in [-0.05, 0) is 26.1 Å². The highest BCUT2D eigenvalue weighted by atomic mass is 15.4. The lowest BCUT2D eigenvalue weighted by Gasteiger charge is -2.17. The number of anilines is 1. The van der Waals surface area contributed by atoms with E-state index in [0.717, 1.165) is 23.7 Å². The minimum absolute atomic E-state index is 0.826. The van der Waals surface area contributed by atoms with Crippen LogP contribution in [-0.2, 0) is 6.54 Å². The van der Waals surface area contributed by atoms with Crippen molar-refractivity contribution >= 4 is 5.82 Å². The molecule has 0 amide bonds. The highest BCUT2D eigenvalue weighted by molar-refractivity contribution is 5.54. The van der Waals surface area contributed by atoms with E-state index in [1.54, 1.807) is 0 Å². The molecule has 0 aliphatic carbocycles. The zero-order valence-corrected chi connectivity index (χ0v) is 11.4. The smallest absolute Gasteiger partial charge is 0.136 e. The van der Waals surface area contributed by atoms with Crippen LogP contribution in [0, 0.1) is 6.92 Å². The molecule has 0 aliphatic rings. The third-order valence-corrected chi connectivity index (χ3v) is 2.94. The van der Waals surface area contributed by atoms with E-state index in [1.807, 2.05) is 29.9 Å². The molecule has 4 heteroatoms. The molecule has 1 heterocycles. The number of nitrogens with zero attached hydrogens (tertiary/aromatic N) is 3. The van der Waals surface area contributed by atoms with Crippen LogP contribution >= 0.6 is 0 Å². The largest absolute Gasteiger partial charge is 0.362 e. The molecule has 18 heavy (non-hydrogen) atoms. The van der Waals surface area contributed by atoms with Gasteiger partial charge in [-0.25, -0.2) is 4.68 Å². The first-order chi connectivity index (χ1) is 8.65. The fourth-order valence-corrected chi connectivity index (χ4v) is 2.14. The predicted octanol–water partition coefficient (Wildman–Crippen LogP) is 1.97. The molecule has 2 aromatic rings. The molecule has 0 radical (unpaired) electrons. The van der Waals surface area contributed by atoms with Crippen LogP contribution in [0.25, 0.3) is 5.69 Å². The average Bonchev–Trinajstić information content (AvgIpc) is 2.69. The molecule has 1 aromatic heterocycles. The van der Waals surface area contributed by atoms with Gasteiger partial charge in [-0.3, -0.25) is 0 Å². The van der Waals surface area contributed by atoms with Crippen LogP contribution in [0.2, 0.25) is 0 Å². The molecule has 0 saturated carbocycles. The maximum absolute atomic E-state index is 4.66. The maximum Gasteiger partial charge on any atom is 0.136 e. The van der Waals surface area contributed by atoms with Gasteiger partial charge in [0.15, 0.2) is 0 Å². The summed E-state index contributed by atoms with van der Waals surface area (Å²) in [6.45, 7) is 2.88. The molecule has 96 valence electrons. The highest BCUT2D eigenvalue weighted by Gasteiger charge is 2.17. The van der Waals surface area contributed by atoms with Crippen molar-refractivity contribution in [1.82, 2.24) is 15.1 Å². The van der Waals surface area contributed by atoms with Crippen molar-refractivity contribution in [3.8, 4) is 5.69 Å². The van der Waals surface area contributed by atoms with Crippen LogP contribution in [0.3, 0.4) is 0 Å². The lowest BCUT2D eigenvalue weighted by molar-refractivity contribution is 0.806. The van der Waals surface area contributed by atoms with Crippen LogP contribution in [0.5, 0.6) is 0 Å². The number of para-hydroxylation sites is 1. The molecule has 0 unspecified atom stereocenters. The molecule has 0 aliphatic heterocycles. The molecule has 4 nitrogen and oxygen atoms in total. The lowest BCUT2D eigenvalue weighted by atomic mass is 10.2. The summed E-state index contributed by atoms with van der Waals surface area (Å²) < 4.78 is 2.00. The Morgan fingerprint density at radius 3 is 2.44 bits per heavy atom. The second-order valence-electron chi connectivity index (χ2n) is 4.56. The monoisotopic (exact) mass is 244 g/mol. The second kappa shape index (κ2) is 5.23. The zero-order valence-electron chi connectivity index (χ0n) is 11.4. The van der Waals surface area contributed by atoms with Gasteiger partial charge >= 0.3 is 0 Å². The number of aryl methyl sites for hydroxylation is 1. The SMILES string of the molecule is CNCc1c(C)nn(-c2ccccc2)c1N(C)C. The Bertz CT molecular complexity index is 514. The number of hydrogen-bond donors (Lipinski definition) is 1. The van der Waals surface area contributed by atoms with Gasteiger partial charge in [0.05, 0.1) is 11.4 Å². The first kappa shape index (κ1) is 12.6. The van der Waals surface area contributed by atoms with Crippen molar-refractivity contribution in [2.75, 3.05) is 26.0 Å². The number of benzene rings is 1. The van der Waals surface area contributed by atoms with Gasteiger partial charge in [-0.2, -0.15) is 5.10 Å². The molecular formula is C14H20N4. The van der Waals surface area contributed by atoms with E-state index in [-0.39, 0.29) is 0 Å². The van der Waals surface area contributed by atoms with Gasteiger partial charge < -0.3 is 10.2 Å². The Balaban J connectivity index is 2.58. The van der Waals surface area contributed by atoms with Crippen molar-refractivity contribution in [2.45, 2.75) is 13.5 Å². The standard InChI is InChI=1S/C14H20N4/c1-11-13(10-15-2)14(17(3)4)18(16-11)12-8-6-5-7-9-12/h5-9,15H,10H2,1-4H3. The van der Waals surface area contributed by atoms with Gasteiger partial charge in [0.2, 0.25) is 0 Å². The van der Waals surface area contributed by atoms with Crippen molar-refractivity contribution in [1.29, 1.82) is 0 Å². The first-order valence-electron chi connectivity index (χ1n) is 6.11. The van der Waals surface area contributed by atoms with E-state index >= 15 is 0 Å². The minimum Gasteiger partial charge on any atom is -0.362 e. The molecule has 0 atom stereocenters. The molecule has 0 fully saturated rings. The highest BCUT2D eigenvalue weighted by Crippen LogP contribution is 2.25. The lowest BCUT2D eigenvalue weighted by Crippen LogP contribution is -2.17. The molecule has 0 saturated heterocycles. The fourth-order valence-electron chi connectivity index (χ4n) is 2.14. The Kier molecular flexibility index (Phi) is 3.67. The fraction of sp³-hybridized carbons (Fsp3) is 0.357. The number of aromatic nitrogens is 2. The van der Waals surface area contributed by atoms with Gasteiger partial charge in [-0.15, -0.1) is 0 Å². The van der Waals surface area contributed by atoms with Crippen molar-refractivity contribution in [3.63, 3.8) is 0 Å². The molecule has 0 spiro atoms. The number of nitrogens with one attached hydrogen (secondary N) is 1.